The molecule has 7 nitrogen and oxygen atoms in total. The van der Waals surface area contributed by atoms with Crippen LogP contribution in [0.25, 0.3) is 11.1 Å². The molecule has 5 rings (SSSR count). The lowest BCUT2D eigenvalue weighted by molar-refractivity contribution is -0.143. The van der Waals surface area contributed by atoms with Crippen molar-refractivity contribution in [2.45, 2.75) is 50.5 Å². The summed E-state index contributed by atoms with van der Waals surface area (Å²) >= 11 is 0. The Kier molecular flexibility index (Phi) is 6.75. The molecule has 2 saturated carbocycles. The molecule has 2 fully saturated rings. The number of benzene rings is 2. The minimum atomic E-state index is -0.728. The summed E-state index contributed by atoms with van der Waals surface area (Å²) in [5.74, 6) is -0.782. The zero-order valence-electron chi connectivity index (χ0n) is 19.7. The second-order valence-corrected chi connectivity index (χ2v) is 10.1. The number of nitrogens with one attached hydrogen (secondary N) is 2. The van der Waals surface area contributed by atoms with Crippen molar-refractivity contribution in [1.82, 2.24) is 10.6 Å². The number of hydrogen-bond donors (Lipinski definition) is 3. The van der Waals surface area contributed by atoms with Crippen LogP contribution in [0.1, 0.15) is 55.6 Å². The lowest BCUT2D eigenvalue weighted by atomic mass is 9.82. The molecule has 3 aliphatic carbocycles. The second-order valence-electron chi connectivity index (χ2n) is 10.1. The first-order valence-corrected chi connectivity index (χ1v) is 12.6. The molecule has 1 unspecified atom stereocenters. The molecule has 3 N–H and O–H groups in total. The Balaban J connectivity index is 1.14. The highest BCUT2D eigenvalue weighted by molar-refractivity contribution is 5.86. The van der Waals surface area contributed by atoms with Gasteiger partial charge >= 0.3 is 12.1 Å². The number of ether oxygens (including phenoxy) is 1. The van der Waals surface area contributed by atoms with E-state index < -0.39 is 18.1 Å². The topological polar surface area (TPSA) is 105 Å². The lowest BCUT2D eigenvalue weighted by Crippen LogP contribution is -2.49. The first-order valence-electron chi connectivity index (χ1n) is 12.6. The summed E-state index contributed by atoms with van der Waals surface area (Å²) in [6.45, 7) is 0.729. The van der Waals surface area contributed by atoms with E-state index in [0.29, 0.717) is 19.4 Å². The van der Waals surface area contributed by atoms with Gasteiger partial charge in [0.15, 0.2) is 0 Å². The first-order chi connectivity index (χ1) is 17.0. The van der Waals surface area contributed by atoms with Crippen molar-refractivity contribution in [3.8, 4) is 11.1 Å². The highest BCUT2D eigenvalue weighted by Crippen LogP contribution is 2.44. The number of rotatable bonds is 8. The van der Waals surface area contributed by atoms with E-state index in [9.17, 15) is 14.4 Å². The first kappa shape index (κ1) is 23.4. The molecule has 2 amide bonds. The molecule has 2 aromatic carbocycles. The van der Waals surface area contributed by atoms with Crippen LogP contribution in [0.5, 0.6) is 0 Å². The maximum absolute atomic E-state index is 12.9. The quantitative estimate of drug-likeness (QED) is 0.527. The molecule has 0 heterocycles. The number of carbonyl (C=O) groups is 3. The summed E-state index contributed by atoms with van der Waals surface area (Å²) in [5.41, 5.74) is 4.64. The van der Waals surface area contributed by atoms with Crippen LogP contribution in [0.2, 0.25) is 0 Å². The molecule has 0 radical (unpaired) electrons. The largest absolute Gasteiger partial charge is 0.481 e. The summed E-state index contributed by atoms with van der Waals surface area (Å²) in [6.07, 6.45) is 4.15. The zero-order valence-corrected chi connectivity index (χ0v) is 19.7. The van der Waals surface area contributed by atoms with E-state index in [0.717, 1.165) is 36.8 Å². The summed E-state index contributed by atoms with van der Waals surface area (Å²) in [7, 11) is 0. The van der Waals surface area contributed by atoms with Gasteiger partial charge in [0.05, 0.1) is 5.92 Å². The Bertz CT molecular complexity index is 1060. The van der Waals surface area contributed by atoms with Gasteiger partial charge in [-0.05, 0) is 72.6 Å². The van der Waals surface area contributed by atoms with Crippen LogP contribution in [0.15, 0.2) is 48.5 Å². The van der Waals surface area contributed by atoms with Crippen molar-refractivity contribution in [2.75, 3.05) is 13.2 Å². The fraction of sp³-hybridized carbons (Fsp3) is 0.464. The third-order valence-corrected chi connectivity index (χ3v) is 7.75. The fourth-order valence-electron chi connectivity index (χ4n) is 5.56. The van der Waals surface area contributed by atoms with Gasteiger partial charge in [0.2, 0.25) is 5.91 Å². The van der Waals surface area contributed by atoms with E-state index >= 15 is 0 Å². The van der Waals surface area contributed by atoms with Crippen molar-refractivity contribution in [1.29, 1.82) is 0 Å². The van der Waals surface area contributed by atoms with Crippen LogP contribution >= 0.6 is 0 Å². The monoisotopic (exact) mass is 476 g/mol. The van der Waals surface area contributed by atoms with Gasteiger partial charge in [-0.2, -0.15) is 0 Å². The van der Waals surface area contributed by atoms with Crippen LogP contribution in [-0.2, 0) is 14.3 Å². The molecule has 7 heteroatoms. The number of carboxylic acid groups (broad SMARTS) is 1. The third kappa shape index (κ3) is 5.19. The zero-order chi connectivity index (χ0) is 24.4. The number of carboxylic acids is 1. The predicted octanol–water partition coefficient (Wildman–Crippen LogP) is 4.31. The molecule has 184 valence electrons. The van der Waals surface area contributed by atoms with Gasteiger partial charge in [-0.15, -0.1) is 0 Å². The van der Waals surface area contributed by atoms with E-state index in [1.54, 1.807) is 0 Å². The highest BCUT2D eigenvalue weighted by Gasteiger charge is 2.38. The van der Waals surface area contributed by atoms with Gasteiger partial charge in [-0.25, -0.2) is 4.79 Å². The van der Waals surface area contributed by atoms with Gasteiger partial charge in [-0.1, -0.05) is 48.5 Å². The summed E-state index contributed by atoms with van der Waals surface area (Å²) < 4.78 is 5.64. The predicted molar refractivity (Wildman–Crippen MR) is 131 cm³/mol. The minimum absolute atomic E-state index is 0.0257. The van der Waals surface area contributed by atoms with Crippen molar-refractivity contribution in [3.05, 3.63) is 59.7 Å². The Morgan fingerprint density at radius 2 is 1.49 bits per heavy atom. The molecule has 1 atom stereocenters. The lowest BCUT2D eigenvalue weighted by Gasteiger charge is -2.27. The average molecular weight is 477 g/mol. The van der Waals surface area contributed by atoms with Gasteiger partial charge in [0.25, 0.3) is 0 Å². The van der Waals surface area contributed by atoms with E-state index in [2.05, 4.69) is 34.9 Å². The number of carbonyl (C=O) groups excluding carboxylic acids is 2. The summed E-state index contributed by atoms with van der Waals surface area (Å²) in [6, 6.07) is 15.8. The van der Waals surface area contributed by atoms with Crippen LogP contribution in [0.4, 0.5) is 4.79 Å². The molecule has 0 aliphatic heterocycles. The van der Waals surface area contributed by atoms with Crippen molar-refractivity contribution >= 4 is 18.0 Å². The average Bonchev–Trinajstić information content (AvgIpc) is 3.67. The van der Waals surface area contributed by atoms with Crippen molar-refractivity contribution in [2.24, 2.45) is 17.8 Å². The Morgan fingerprint density at radius 1 is 0.886 bits per heavy atom. The van der Waals surface area contributed by atoms with E-state index in [1.165, 1.54) is 11.1 Å². The molecule has 0 spiro atoms. The van der Waals surface area contributed by atoms with Crippen LogP contribution in [0.3, 0.4) is 0 Å². The van der Waals surface area contributed by atoms with Crippen molar-refractivity contribution in [3.63, 3.8) is 0 Å². The molecular formula is C28H32N2O5. The number of fused-ring (bicyclic) bond motifs is 3. The normalized spacial score (nSPS) is 21.9. The number of hydrogen-bond acceptors (Lipinski definition) is 4. The SMILES string of the molecule is O=C(NC(C(=O)NCC1CCC(C(=O)O)CC1)C1CC1)OCC1c2ccccc2-c2ccccc21. The third-order valence-electron chi connectivity index (χ3n) is 7.75. The Hall–Kier alpha value is -3.35. The molecule has 0 aromatic heterocycles. The molecule has 0 saturated heterocycles. The number of aliphatic carboxylic acids is 1. The molecule has 35 heavy (non-hydrogen) atoms. The number of amides is 2. The molecule has 2 aromatic rings. The minimum Gasteiger partial charge on any atom is -0.481 e. The highest BCUT2D eigenvalue weighted by atomic mass is 16.5. The Morgan fingerprint density at radius 3 is 2.06 bits per heavy atom. The maximum atomic E-state index is 12.9. The Labute approximate surface area is 205 Å². The fourth-order valence-corrected chi connectivity index (χ4v) is 5.56. The summed E-state index contributed by atoms with van der Waals surface area (Å²) in [4.78, 5) is 36.7. The van der Waals surface area contributed by atoms with Crippen LogP contribution in [-0.4, -0.2) is 42.3 Å². The van der Waals surface area contributed by atoms with E-state index in [4.69, 9.17) is 9.84 Å². The molecular weight excluding hydrogens is 444 g/mol. The van der Waals surface area contributed by atoms with Crippen molar-refractivity contribution < 1.29 is 24.2 Å². The number of alkyl carbamates (subject to hydrolysis) is 1. The second kappa shape index (κ2) is 10.1. The van der Waals surface area contributed by atoms with Gasteiger partial charge in [0.1, 0.15) is 12.6 Å². The van der Waals surface area contributed by atoms with Gasteiger partial charge in [0, 0.05) is 12.5 Å². The van der Waals surface area contributed by atoms with Crippen LogP contribution in [0, 0.1) is 17.8 Å². The summed E-state index contributed by atoms with van der Waals surface area (Å²) in [5, 5.41) is 15.0. The maximum Gasteiger partial charge on any atom is 0.407 e. The van der Waals surface area contributed by atoms with Crippen LogP contribution < -0.4 is 10.6 Å². The van der Waals surface area contributed by atoms with E-state index in [-0.39, 0.29) is 36.2 Å². The molecule has 0 bridgehead atoms. The molecule has 3 aliphatic rings. The smallest absolute Gasteiger partial charge is 0.407 e. The standard InChI is InChI=1S/C28H32N2O5/c31-26(29-15-17-9-11-19(12-10-17)27(32)33)25(18-13-14-18)30-28(34)35-16-24-22-7-3-1-5-20(22)21-6-2-4-8-23(21)24/h1-8,17-19,24-25H,9-16H2,(H,29,31)(H,30,34)(H,32,33). The van der Waals surface area contributed by atoms with Gasteiger partial charge < -0.3 is 20.5 Å². The van der Waals surface area contributed by atoms with Gasteiger partial charge in [-0.3, -0.25) is 9.59 Å². The van der Waals surface area contributed by atoms with E-state index in [1.807, 2.05) is 24.3 Å².